The third-order valence-corrected chi connectivity index (χ3v) is 4.62. The van der Waals surface area contributed by atoms with E-state index in [9.17, 15) is 13.8 Å². The van der Waals surface area contributed by atoms with Gasteiger partial charge in [-0.1, -0.05) is 30.3 Å². The molecule has 0 saturated heterocycles. The van der Waals surface area contributed by atoms with E-state index < -0.39 is 10.8 Å². The van der Waals surface area contributed by atoms with Crippen molar-refractivity contribution in [2.75, 3.05) is 24.7 Å². The van der Waals surface area contributed by atoms with Crippen molar-refractivity contribution < 1.29 is 13.8 Å². The molecule has 0 spiro atoms. The normalized spacial score (nSPS) is 14.6. The Morgan fingerprint density at radius 1 is 0.958 bits per heavy atom. The van der Waals surface area contributed by atoms with Gasteiger partial charge in [0, 0.05) is 35.8 Å². The van der Waals surface area contributed by atoms with E-state index in [-0.39, 0.29) is 18.4 Å². The highest BCUT2D eigenvalue weighted by Gasteiger charge is 2.34. The lowest BCUT2D eigenvalue weighted by atomic mass is 10.1. The first kappa shape index (κ1) is 16.4. The molecular weight excluding hydrogens is 324 g/mol. The summed E-state index contributed by atoms with van der Waals surface area (Å²) in [5, 5.41) is 3.23. The van der Waals surface area contributed by atoms with Gasteiger partial charge in [0.15, 0.2) is 0 Å². The fourth-order valence-electron chi connectivity index (χ4n) is 2.78. The fourth-order valence-corrected chi connectivity index (χ4v) is 3.47. The lowest BCUT2D eigenvalue weighted by Crippen LogP contribution is -2.34. The van der Waals surface area contributed by atoms with Crippen LogP contribution < -0.4 is 5.32 Å². The molecule has 2 aromatic carbocycles. The molecule has 2 amide bonds. The van der Waals surface area contributed by atoms with Gasteiger partial charge in [0.1, 0.15) is 0 Å². The number of nitrogens with one attached hydrogen (secondary N) is 1. The molecule has 3 rings (SSSR count). The fraction of sp³-hybridized carbons (Fsp3) is 0.222. The van der Waals surface area contributed by atoms with Crippen molar-refractivity contribution >= 4 is 28.3 Å². The van der Waals surface area contributed by atoms with Gasteiger partial charge in [-0.15, -0.1) is 0 Å². The van der Waals surface area contributed by atoms with E-state index in [1.807, 2.05) is 24.3 Å². The molecule has 24 heavy (non-hydrogen) atoms. The number of amides is 2. The average molecular weight is 342 g/mol. The van der Waals surface area contributed by atoms with Crippen molar-refractivity contribution in [3.05, 3.63) is 65.2 Å². The molecule has 0 saturated carbocycles. The number of para-hydroxylation sites is 1. The Morgan fingerprint density at radius 2 is 1.54 bits per heavy atom. The maximum absolute atomic E-state index is 12.3. The lowest BCUT2D eigenvalue weighted by molar-refractivity contribution is 0.0660. The second-order valence-corrected chi connectivity index (χ2v) is 7.04. The number of rotatable bonds is 6. The predicted molar refractivity (Wildman–Crippen MR) is 94.5 cm³/mol. The summed E-state index contributed by atoms with van der Waals surface area (Å²) in [6.07, 6.45) is 1.66. The molecular formula is C18H18N2O3S. The summed E-state index contributed by atoms with van der Waals surface area (Å²) in [6.45, 7) is 0.731. The molecule has 0 aliphatic carbocycles. The molecule has 6 heteroatoms. The van der Waals surface area contributed by atoms with Gasteiger partial charge in [-0.25, -0.2) is 0 Å². The molecule has 1 N–H and O–H groups in total. The van der Waals surface area contributed by atoms with Crippen LogP contribution in [0.2, 0.25) is 0 Å². The van der Waals surface area contributed by atoms with Crippen molar-refractivity contribution in [2.45, 2.75) is 5.75 Å². The van der Waals surface area contributed by atoms with Gasteiger partial charge in [-0.2, -0.15) is 0 Å². The van der Waals surface area contributed by atoms with Crippen LogP contribution >= 0.6 is 0 Å². The van der Waals surface area contributed by atoms with E-state index in [1.54, 1.807) is 30.5 Å². The molecule has 0 unspecified atom stereocenters. The molecule has 5 nitrogen and oxygen atoms in total. The largest absolute Gasteiger partial charge is 0.383 e. The van der Waals surface area contributed by atoms with Crippen molar-refractivity contribution in [2.24, 2.45) is 0 Å². The molecule has 1 aliphatic heterocycles. The van der Waals surface area contributed by atoms with Gasteiger partial charge in [-0.3, -0.25) is 18.7 Å². The molecule has 0 bridgehead atoms. The van der Waals surface area contributed by atoms with Gasteiger partial charge in [0.2, 0.25) is 0 Å². The van der Waals surface area contributed by atoms with Crippen molar-refractivity contribution in [3.63, 3.8) is 0 Å². The van der Waals surface area contributed by atoms with Gasteiger partial charge in [-0.05, 0) is 23.8 Å². The minimum absolute atomic E-state index is 0.250. The number of carbonyl (C=O) groups is 2. The molecule has 124 valence electrons. The first-order chi connectivity index (χ1) is 11.6. The van der Waals surface area contributed by atoms with Crippen LogP contribution in [0.5, 0.6) is 0 Å². The second-order valence-electron chi connectivity index (χ2n) is 5.61. The van der Waals surface area contributed by atoms with Gasteiger partial charge >= 0.3 is 0 Å². The van der Waals surface area contributed by atoms with Gasteiger partial charge < -0.3 is 5.32 Å². The molecule has 1 heterocycles. The Labute approximate surface area is 143 Å². The maximum atomic E-state index is 12.3. The first-order valence-electron chi connectivity index (χ1n) is 7.65. The summed E-state index contributed by atoms with van der Waals surface area (Å²) in [5.41, 5.74) is 2.76. The van der Waals surface area contributed by atoms with E-state index in [0.717, 1.165) is 11.3 Å². The Kier molecular flexibility index (Phi) is 4.76. The van der Waals surface area contributed by atoms with E-state index in [4.69, 9.17) is 0 Å². The first-order valence-corrected chi connectivity index (χ1v) is 9.37. The number of carbonyl (C=O) groups excluding carboxylic acids is 2. The van der Waals surface area contributed by atoms with Crippen LogP contribution in [-0.4, -0.2) is 40.3 Å². The summed E-state index contributed by atoms with van der Waals surface area (Å²) in [7, 11) is -0.931. The van der Waals surface area contributed by atoms with E-state index >= 15 is 0 Å². The molecule has 2 aromatic rings. The summed E-state index contributed by atoms with van der Waals surface area (Å²) in [6, 6.07) is 14.5. The number of imide groups is 1. The lowest BCUT2D eigenvalue weighted by Gasteiger charge is -2.16. The Bertz CT molecular complexity index is 784. The minimum Gasteiger partial charge on any atom is -0.383 e. The van der Waals surface area contributed by atoms with Crippen LogP contribution in [0.25, 0.3) is 0 Å². The molecule has 1 atom stereocenters. The molecule has 0 radical (unpaired) electrons. The average Bonchev–Trinajstić information content (AvgIpc) is 2.81. The Morgan fingerprint density at radius 3 is 2.17 bits per heavy atom. The Hall–Kier alpha value is -2.47. The van der Waals surface area contributed by atoms with Crippen molar-refractivity contribution in [1.29, 1.82) is 0 Å². The summed E-state index contributed by atoms with van der Waals surface area (Å²) in [5.74, 6) is -0.0309. The Balaban J connectivity index is 1.65. The highest BCUT2D eigenvalue weighted by Crippen LogP contribution is 2.22. The molecule has 1 aliphatic rings. The monoisotopic (exact) mass is 342 g/mol. The highest BCUT2D eigenvalue weighted by molar-refractivity contribution is 7.83. The van der Waals surface area contributed by atoms with Crippen LogP contribution in [0, 0.1) is 0 Å². The second kappa shape index (κ2) is 6.97. The predicted octanol–water partition coefficient (Wildman–Crippen LogP) is 2.27. The zero-order chi connectivity index (χ0) is 17.1. The van der Waals surface area contributed by atoms with Crippen LogP contribution in [0.3, 0.4) is 0 Å². The van der Waals surface area contributed by atoms with Crippen LogP contribution in [0.4, 0.5) is 5.69 Å². The minimum atomic E-state index is -0.931. The molecule has 0 aromatic heterocycles. The smallest absolute Gasteiger partial charge is 0.261 e. The maximum Gasteiger partial charge on any atom is 0.261 e. The standard InChI is InChI=1S/C18H18N2O3S/c1-24(23)12-13-6-2-5-9-16(13)19-10-11-20-17(21)14-7-3-4-8-15(14)18(20)22/h2-9,19H,10-12H2,1H3/t24-/m0/s1. The quantitative estimate of drug-likeness (QED) is 0.818. The number of nitrogens with zero attached hydrogens (tertiary/aromatic N) is 1. The third kappa shape index (κ3) is 3.23. The number of benzene rings is 2. The SMILES string of the molecule is C[S@](=O)Cc1ccccc1NCCN1C(=O)c2ccccc2C1=O. The van der Waals surface area contributed by atoms with Crippen LogP contribution in [0.1, 0.15) is 26.3 Å². The van der Waals surface area contributed by atoms with Crippen LogP contribution in [-0.2, 0) is 16.6 Å². The number of hydrogen-bond donors (Lipinski definition) is 1. The summed E-state index contributed by atoms with van der Waals surface area (Å²) in [4.78, 5) is 25.9. The van der Waals surface area contributed by atoms with E-state index in [2.05, 4.69) is 5.32 Å². The topological polar surface area (TPSA) is 66.5 Å². The van der Waals surface area contributed by atoms with Crippen molar-refractivity contribution in [3.8, 4) is 0 Å². The summed E-state index contributed by atoms with van der Waals surface area (Å²) < 4.78 is 11.4. The van der Waals surface area contributed by atoms with Gasteiger partial charge in [0.25, 0.3) is 11.8 Å². The zero-order valence-corrected chi connectivity index (χ0v) is 14.1. The van der Waals surface area contributed by atoms with E-state index in [1.165, 1.54) is 4.90 Å². The number of anilines is 1. The third-order valence-electron chi connectivity index (χ3n) is 3.91. The van der Waals surface area contributed by atoms with Gasteiger partial charge in [0.05, 0.1) is 16.9 Å². The number of hydrogen-bond acceptors (Lipinski definition) is 4. The highest BCUT2D eigenvalue weighted by atomic mass is 32.2. The molecule has 0 fully saturated rings. The van der Waals surface area contributed by atoms with Crippen LogP contribution in [0.15, 0.2) is 48.5 Å². The van der Waals surface area contributed by atoms with E-state index in [0.29, 0.717) is 23.4 Å². The zero-order valence-electron chi connectivity index (χ0n) is 13.3. The number of fused-ring (bicyclic) bond motifs is 1. The van der Waals surface area contributed by atoms with Crippen molar-refractivity contribution in [1.82, 2.24) is 4.90 Å². The summed E-state index contributed by atoms with van der Waals surface area (Å²) >= 11 is 0.